The number of hydrogen-bond donors (Lipinski definition) is 3. The average Bonchev–Trinajstić information content (AvgIpc) is 2.58. The summed E-state index contributed by atoms with van der Waals surface area (Å²) in [7, 11) is 0. The smallest absolute Gasteiger partial charge is 0.317 e. The van der Waals surface area contributed by atoms with Crippen LogP contribution in [0, 0.1) is 0 Å². The number of rotatable bonds is 8. The van der Waals surface area contributed by atoms with Crippen LogP contribution >= 0.6 is 0 Å². The third-order valence-electron chi connectivity index (χ3n) is 3.22. The molecule has 0 atom stereocenters. The van der Waals surface area contributed by atoms with Crippen molar-refractivity contribution in [3.8, 4) is 0 Å². The zero-order chi connectivity index (χ0) is 17.1. The molecule has 0 fully saturated rings. The fraction of sp³-hybridized carbons (Fsp3) is 0.438. The zero-order valence-corrected chi connectivity index (χ0v) is 13.6. The average molecular weight is 320 g/mol. The van der Waals surface area contributed by atoms with E-state index in [1.54, 1.807) is 29.2 Å². The summed E-state index contributed by atoms with van der Waals surface area (Å²) in [5.41, 5.74) is 0.506. The standard InChI is InChI=1S/C16H24N4O3/c1-3-20(4-2)16(23)18-11-10-17-14(21)12-19-15(22)13-8-6-5-7-9-13/h5-9H,3-4,10-12H2,1-2H3,(H,17,21)(H,18,23)(H,19,22). The number of carbonyl (C=O) groups is 3. The number of amides is 4. The molecule has 0 spiro atoms. The van der Waals surface area contributed by atoms with Crippen LogP contribution in [0.5, 0.6) is 0 Å². The molecule has 0 aliphatic carbocycles. The number of urea groups is 1. The summed E-state index contributed by atoms with van der Waals surface area (Å²) >= 11 is 0. The molecule has 0 heterocycles. The van der Waals surface area contributed by atoms with Crippen LogP contribution in [0.3, 0.4) is 0 Å². The van der Waals surface area contributed by atoms with Gasteiger partial charge in [-0.25, -0.2) is 4.79 Å². The lowest BCUT2D eigenvalue weighted by molar-refractivity contribution is -0.120. The molecule has 3 N–H and O–H groups in total. The molecule has 0 unspecified atom stereocenters. The van der Waals surface area contributed by atoms with Crippen molar-refractivity contribution in [2.24, 2.45) is 0 Å². The highest BCUT2D eigenvalue weighted by atomic mass is 16.2. The van der Waals surface area contributed by atoms with Crippen LogP contribution in [-0.4, -0.2) is 55.5 Å². The predicted molar refractivity (Wildman–Crippen MR) is 88.1 cm³/mol. The molecule has 0 saturated carbocycles. The molecule has 4 amide bonds. The second-order valence-corrected chi connectivity index (χ2v) is 4.80. The van der Waals surface area contributed by atoms with E-state index in [-0.39, 0.29) is 24.4 Å². The molecule has 7 nitrogen and oxygen atoms in total. The quantitative estimate of drug-likeness (QED) is 0.612. The van der Waals surface area contributed by atoms with Gasteiger partial charge >= 0.3 is 6.03 Å². The Balaban J connectivity index is 2.18. The van der Waals surface area contributed by atoms with Gasteiger partial charge in [0, 0.05) is 31.7 Å². The maximum atomic E-state index is 11.8. The molecule has 0 radical (unpaired) electrons. The number of carbonyl (C=O) groups excluding carboxylic acids is 3. The van der Waals surface area contributed by atoms with Crippen molar-refractivity contribution in [2.75, 3.05) is 32.7 Å². The Kier molecular flexibility index (Phi) is 8.20. The van der Waals surface area contributed by atoms with Crippen LogP contribution < -0.4 is 16.0 Å². The maximum absolute atomic E-state index is 11.8. The summed E-state index contributed by atoms with van der Waals surface area (Å²) in [5.74, 6) is -0.595. The third-order valence-corrected chi connectivity index (χ3v) is 3.22. The van der Waals surface area contributed by atoms with E-state index in [1.807, 2.05) is 19.9 Å². The molecular formula is C16H24N4O3. The van der Waals surface area contributed by atoms with Gasteiger partial charge in [-0.05, 0) is 26.0 Å². The van der Waals surface area contributed by atoms with Crippen LogP contribution in [0.15, 0.2) is 30.3 Å². The van der Waals surface area contributed by atoms with Crippen molar-refractivity contribution in [1.82, 2.24) is 20.9 Å². The lowest BCUT2D eigenvalue weighted by atomic mass is 10.2. The first kappa shape index (κ1) is 18.5. The minimum atomic E-state index is -0.300. The molecule has 23 heavy (non-hydrogen) atoms. The van der Waals surface area contributed by atoms with Crippen molar-refractivity contribution in [2.45, 2.75) is 13.8 Å². The Bertz CT molecular complexity index is 515. The van der Waals surface area contributed by atoms with E-state index in [0.717, 1.165) is 0 Å². The second-order valence-electron chi connectivity index (χ2n) is 4.80. The van der Waals surface area contributed by atoms with E-state index in [4.69, 9.17) is 0 Å². The second kappa shape index (κ2) is 10.2. The largest absolute Gasteiger partial charge is 0.353 e. The van der Waals surface area contributed by atoms with Gasteiger partial charge in [-0.2, -0.15) is 0 Å². The first-order valence-corrected chi connectivity index (χ1v) is 7.71. The van der Waals surface area contributed by atoms with Crippen LogP contribution in [-0.2, 0) is 4.79 Å². The Hall–Kier alpha value is -2.57. The highest BCUT2D eigenvalue weighted by molar-refractivity contribution is 5.96. The summed E-state index contributed by atoms with van der Waals surface area (Å²) in [6.07, 6.45) is 0. The minimum absolute atomic E-state index is 0.0995. The summed E-state index contributed by atoms with van der Waals surface area (Å²) < 4.78 is 0. The summed E-state index contributed by atoms with van der Waals surface area (Å²) in [5, 5.41) is 7.89. The number of nitrogens with one attached hydrogen (secondary N) is 3. The third kappa shape index (κ3) is 6.82. The Morgan fingerprint density at radius 2 is 1.52 bits per heavy atom. The highest BCUT2D eigenvalue weighted by Gasteiger charge is 2.09. The van der Waals surface area contributed by atoms with Crippen molar-refractivity contribution in [3.05, 3.63) is 35.9 Å². The van der Waals surface area contributed by atoms with E-state index in [9.17, 15) is 14.4 Å². The van der Waals surface area contributed by atoms with Crippen LogP contribution in [0.25, 0.3) is 0 Å². The molecule has 7 heteroatoms. The van der Waals surface area contributed by atoms with Crippen molar-refractivity contribution >= 4 is 17.8 Å². The first-order chi connectivity index (χ1) is 11.1. The Labute approximate surface area is 136 Å². The SMILES string of the molecule is CCN(CC)C(=O)NCCNC(=O)CNC(=O)c1ccccc1. The molecule has 126 valence electrons. The first-order valence-electron chi connectivity index (χ1n) is 7.71. The number of benzene rings is 1. The van der Waals surface area contributed by atoms with Gasteiger partial charge in [0.15, 0.2) is 0 Å². The predicted octanol–water partition coefficient (Wildman–Crippen LogP) is 0.584. The van der Waals surface area contributed by atoms with E-state index in [1.165, 1.54) is 0 Å². The molecule has 0 aromatic heterocycles. The lowest BCUT2D eigenvalue weighted by Gasteiger charge is -2.19. The van der Waals surface area contributed by atoms with Crippen molar-refractivity contribution < 1.29 is 14.4 Å². The van der Waals surface area contributed by atoms with Crippen molar-refractivity contribution in [3.63, 3.8) is 0 Å². The van der Waals surface area contributed by atoms with E-state index < -0.39 is 0 Å². The summed E-state index contributed by atoms with van der Waals surface area (Å²) in [6, 6.07) is 8.53. The normalized spacial score (nSPS) is 9.83. The molecule has 1 rings (SSSR count). The molecule has 0 aliphatic rings. The molecule has 0 aliphatic heterocycles. The number of hydrogen-bond acceptors (Lipinski definition) is 3. The van der Waals surface area contributed by atoms with Crippen LogP contribution in [0.2, 0.25) is 0 Å². The molecule has 1 aromatic rings. The van der Waals surface area contributed by atoms with Gasteiger partial charge in [0.25, 0.3) is 5.91 Å². The molecular weight excluding hydrogens is 296 g/mol. The topological polar surface area (TPSA) is 90.5 Å². The van der Waals surface area contributed by atoms with Gasteiger partial charge in [-0.3, -0.25) is 9.59 Å². The molecule has 0 saturated heterocycles. The van der Waals surface area contributed by atoms with Gasteiger partial charge in [0.2, 0.25) is 5.91 Å². The number of nitrogens with zero attached hydrogens (tertiary/aromatic N) is 1. The summed E-state index contributed by atoms with van der Waals surface area (Å²) in [6.45, 7) is 5.64. The van der Waals surface area contributed by atoms with Crippen LogP contribution in [0.1, 0.15) is 24.2 Å². The molecule has 0 bridgehead atoms. The Morgan fingerprint density at radius 1 is 0.913 bits per heavy atom. The highest BCUT2D eigenvalue weighted by Crippen LogP contribution is 1.97. The van der Waals surface area contributed by atoms with E-state index >= 15 is 0 Å². The van der Waals surface area contributed by atoms with Gasteiger partial charge in [-0.1, -0.05) is 18.2 Å². The van der Waals surface area contributed by atoms with Gasteiger partial charge < -0.3 is 20.9 Å². The molecule has 1 aromatic carbocycles. The summed E-state index contributed by atoms with van der Waals surface area (Å²) in [4.78, 5) is 36.7. The van der Waals surface area contributed by atoms with E-state index in [2.05, 4.69) is 16.0 Å². The maximum Gasteiger partial charge on any atom is 0.317 e. The van der Waals surface area contributed by atoms with Gasteiger partial charge in [0.05, 0.1) is 6.54 Å². The fourth-order valence-corrected chi connectivity index (χ4v) is 1.91. The van der Waals surface area contributed by atoms with Crippen LogP contribution in [0.4, 0.5) is 4.79 Å². The van der Waals surface area contributed by atoms with Crippen molar-refractivity contribution in [1.29, 1.82) is 0 Å². The van der Waals surface area contributed by atoms with Gasteiger partial charge in [-0.15, -0.1) is 0 Å². The van der Waals surface area contributed by atoms with Gasteiger partial charge in [0.1, 0.15) is 0 Å². The monoisotopic (exact) mass is 320 g/mol. The minimum Gasteiger partial charge on any atom is -0.353 e. The zero-order valence-electron chi connectivity index (χ0n) is 13.6. The lowest BCUT2D eigenvalue weighted by Crippen LogP contribution is -2.44. The fourth-order valence-electron chi connectivity index (χ4n) is 1.91. The Morgan fingerprint density at radius 3 is 2.13 bits per heavy atom. The van der Waals surface area contributed by atoms with E-state index in [0.29, 0.717) is 31.7 Å².